The van der Waals surface area contributed by atoms with Gasteiger partial charge < -0.3 is 0 Å². The van der Waals surface area contributed by atoms with Crippen LogP contribution in [0.15, 0.2) is 72.8 Å². The van der Waals surface area contributed by atoms with Crippen molar-refractivity contribution in [3.8, 4) is 0 Å². The Morgan fingerprint density at radius 3 is 0.722 bits per heavy atom. The Morgan fingerprint density at radius 1 is 0.278 bits per heavy atom. The van der Waals surface area contributed by atoms with Crippen LogP contribution in [0.2, 0.25) is 0 Å². The Hall–Kier alpha value is -4.32. The van der Waals surface area contributed by atoms with Crippen molar-refractivity contribution < 1.29 is 28.8 Å². The lowest BCUT2D eigenvalue weighted by molar-refractivity contribution is 0.0823. The van der Waals surface area contributed by atoms with Crippen LogP contribution in [-0.4, -0.2) is 34.7 Å². The third-order valence-electron chi connectivity index (χ3n) is 8.30. The first-order valence-corrected chi connectivity index (χ1v) is 18.7. The highest BCUT2D eigenvalue weighted by atomic mass is 16.1. The molecule has 0 aromatic heterocycles. The molecule has 3 aromatic rings. The van der Waals surface area contributed by atoms with Gasteiger partial charge in [0.15, 0.2) is 34.7 Å². The van der Waals surface area contributed by atoms with Crippen molar-refractivity contribution in [2.75, 3.05) is 0 Å². The number of carbonyl (C=O) groups is 6. The molecule has 3 aromatic carbocycles. The third kappa shape index (κ3) is 13.8. The van der Waals surface area contributed by atoms with Crippen LogP contribution in [0.25, 0.3) is 0 Å². The smallest absolute Gasteiger partial charge is 0.168 e. The molecule has 0 radical (unpaired) electrons. The second-order valence-corrected chi connectivity index (χ2v) is 20.2. The number of hydrogen-bond donors (Lipinski definition) is 0. The molecular weight excluding hydrogens is 673 g/mol. The van der Waals surface area contributed by atoms with E-state index in [0.717, 1.165) is 0 Å². The van der Waals surface area contributed by atoms with Crippen LogP contribution >= 0.6 is 0 Å². The van der Waals surface area contributed by atoms with Crippen LogP contribution in [0, 0.1) is 32.5 Å². The molecule has 54 heavy (non-hydrogen) atoms. The zero-order valence-electron chi connectivity index (χ0n) is 36.4. The Balaban J connectivity index is 0.000000405. The molecule has 0 aliphatic rings. The van der Waals surface area contributed by atoms with Gasteiger partial charge in [-0.1, -0.05) is 191 Å². The van der Waals surface area contributed by atoms with E-state index in [1.807, 2.05) is 125 Å². The van der Waals surface area contributed by atoms with Gasteiger partial charge in [0.1, 0.15) is 0 Å². The van der Waals surface area contributed by atoms with Gasteiger partial charge in [-0.25, -0.2) is 0 Å². The standard InChI is InChI=1S/3C16H22O2/c1-15(2,3)13(17)11-7-9-12(10-8-11)14(18)16(4,5)6;1-15(2,3)13(17)11-8-7-9-12(10-11)14(18)16(4,5)6;1-15(2,3)13(17)11-9-7-8-10-12(11)14(18)16(4,5)6/h3*7-10H,1-6H3. The van der Waals surface area contributed by atoms with Gasteiger partial charge >= 0.3 is 0 Å². The highest BCUT2D eigenvalue weighted by Crippen LogP contribution is 2.29. The molecule has 0 saturated carbocycles. The maximum absolute atomic E-state index is 12.4. The minimum absolute atomic E-state index is 0.00991. The molecule has 0 unspecified atom stereocenters. The summed E-state index contributed by atoms with van der Waals surface area (Å²) in [5.74, 6) is 0.332. The maximum Gasteiger partial charge on any atom is 0.168 e. The molecule has 0 bridgehead atoms. The van der Waals surface area contributed by atoms with Crippen molar-refractivity contribution in [3.63, 3.8) is 0 Å². The summed E-state index contributed by atoms with van der Waals surface area (Å²) in [4.78, 5) is 73.2. The highest BCUT2D eigenvalue weighted by Gasteiger charge is 2.31. The normalized spacial score (nSPS) is 12.3. The van der Waals surface area contributed by atoms with E-state index in [1.165, 1.54) is 0 Å². The average Bonchev–Trinajstić information content (AvgIpc) is 3.04. The monoisotopic (exact) mass is 738 g/mol. The molecule has 6 heteroatoms. The van der Waals surface area contributed by atoms with Crippen LogP contribution in [-0.2, 0) is 0 Å². The average molecular weight is 739 g/mol. The second kappa shape index (κ2) is 17.4. The largest absolute Gasteiger partial charge is 0.294 e. The Labute approximate surface area is 325 Å². The van der Waals surface area contributed by atoms with Crippen LogP contribution in [0.5, 0.6) is 0 Å². The summed E-state index contributed by atoms with van der Waals surface area (Å²) >= 11 is 0. The van der Waals surface area contributed by atoms with E-state index < -0.39 is 32.5 Å². The number of benzene rings is 3. The molecule has 0 aliphatic heterocycles. The molecule has 3 rings (SSSR count). The zero-order valence-corrected chi connectivity index (χ0v) is 36.4. The number of Topliss-reactive ketones (excluding diaryl/α,β-unsaturated/α-hetero) is 6. The number of carbonyl (C=O) groups excluding carboxylic acids is 6. The first-order chi connectivity index (χ1) is 24.1. The molecule has 0 atom stereocenters. The minimum Gasteiger partial charge on any atom is -0.294 e. The summed E-state index contributed by atoms with van der Waals surface area (Å²) in [7, 11) is 0. The third-order valence-corrected chi connectivity index (χ3v) is 8.30. The maximum atomic E-state index is 12.4. The van der Waals surface area contributed by atoms with Crippen molar-refractivity contribution in [1.82, 2.24) is 0 Å². The Morgan fingerprint density at radius 2 is 0.500 bits per heavy atom. The lowest BCUT2D eigenvalue weighted by atomic mass is 9.79. The van der Waals surface area contributed by atoms with Crippen LogP contribution in [0.1, 0.15) is 187 Å². The minimum atomic E-state index is -0.478. The van der Waals surface area contributed by atoms with Gasteiger partial charge in [-0.3, -0.25) is 28.8 Å². The SMILES string of the molecule is CC(C)(C)C(=O)c1ccc(C(=O)C(C)(C)C)cc1.CC(C)(C)C(=O)c1cccc(C(=O)C(C)(C)C)c1.CC(C)(C)C(=O)c1ccccc1C(=O)C(C)(C)C. The van der Waals surface area contributed by atoms with Gasteiger partial charge in [-0.2, -0.15) is 0 Å². The summed E-state index contributed by atoms with van der Waals surface area (Å²) in [6, 6.07) is 21.1. The van der Waals surface area contributed by atoms with E-state index in [1.54, 1.807) is 72.8 Å². The van der Waals surface area contributed by atoms with Crippen molar-refractivity contribution in [1.29, 1.82) is 0 Å². The lowest BCUT2D eigenvalue weighted by Gasteiger charge is -2.22. The quantitative estimate of drug-likeness (QED) is 0.233. The van der Waals surface area contributed by atoms with Gasteiger partial charge in [0.05, 0.1) is 0 Å². The molecule has 0 amide bonds. The Bertz CT molecular complexity index is 1700. The van der Waals surface area contributed by atoms with Gasteiger partial charge in [0.2, 0.25) is 0 Å². The molecular formula is C48H66O6. The van der Waals surface area contributed by atoms with Crippen LogP contribution < -0.4 is 0 Å². The van der Waals surface area contributed by atoms with E-state index >= 15 is 0 Å². The van der Waals surface area contributed by atoms with Gasteiger partial charge in [0, 0.05) is 65.9 Å². The number of rotatable bonds is 6. The van der Waals surface area contributed by atoms with Crippen molar-refractivity contribution in [2.45, 2.75) is 125 Å². The summed E-state index contributed by atoms with van der Waals surface area (Å²) < 4.78 is 0. The molecule has 0 spiro atoms. The topological polar surface area (TPSA) is 102 Å². The van der Waals surface area contributed by atoms with Crippen LogP contribution in [0.4, 0.5) is 0 Å². The molecule has 0 N–H and O–H groups in total. The van der Waals surface area contributed by atoms with Crippen molar-refractivity contribution in [3.05, 3.63) is 106 Å². The predicted molar refractivity (Wildman–Crippen MR) is 222 cm³/mol. The fourth-order valence-electron chi connectivity index (χ4n) is 4.99. The fourth-order valence-corrected chi connectivity index (χ4v) is 4.99. The first kappa shape index (κ1) is 47.7. The van der Waals surface area contributed by atoms with Crippen molar-refractivity contribution in [2.24, 2.45) is 32.5 Å². The fraction of sp³-hybridized carbons (Fsp3) is 0.500. The molecule has 0 saturated heterocycles. The molecule has 6 nitrogen and oxygen atoms in total. The van der Waals surface area contributed by atoms with Gasteiger partial charge in [-0.15, -0.1) is 0 Å². The molecule has 294 valence electrons. The van der Waals surface area contributed by atoms with Gasteiger partial charge in [0.25, 0.3) is 0 Å². The summed E-state index contributed by atoms with van der Waals surface area (Å²) in [5.41, 5.74) is 1.01. The van der Waals surface area contributed by atoms with E-state index in [2.05, 4.69) is 0 Å². The van der Waals surface area contributed by atoms with E-state index in [9.17, 15) is 28.8 Å². The van der Waals surface area contributed by atoms with E-state index in [0.29, 0.717) is 33.4 Å². The zero-order chi connectivity index (χ0) is 42.4. The predicted octanol–water partition coefficient (Wildman–Crippen LogP) is 12.4. The van der Waals surface area contributed by atoms with E-state index in [-0.39, 0.29) is 34.7 Å². The molecule has 0 heterocycles. The summed E-state index contributed by atoms with van der Waals surface area (Å²) in [6.07, 6.45) is 0. The van der Waals surface area contributed by atoms with Crippen molar-refractivity contribution >= 4 is 34.7 Å². The lowest BCUT2D eigenvalue weighted by Crippen LogP contribution is -2.26. The van der Waals surface area contributed by atoms with Gasteiger partial charge in [-0.05, 0) is 6.07 Å². The first-order valence-electron chi connectivity index (χ1n) is 18.7. The number of hydrogen-bond acceptors (Lipinski definition) is 6. The van der Waals surface area contributed by atoms with E-state index in [4.69, 9.17) is 0 Å². The highest BCUT2D eigenvalue weighted by molar-refractivity contribution is 6.12. The van der Waals surface area contributed by atoms with Crippen LogP contribution in [0.3, 0.4) is 0 Å². The summed E-state index contributed by atoms with van der Waals surface area (Å²) in [6.45, 7) is 33.9. The second-order valence-electron chi connectivity index (χ2n) is 20.2. The number of ketones is 6. The summed E-state index contributed by atoms with van der Waals surface area (Å²) in [5, 5.41) is 0. The molecule has 0 fully saturated rings. The Kier molecular flexibility index (Phi) is 15.4. The molecule has 0 aliphatic carbocycles.